The Morgan fingerprint density at radius 1 is 1.14 bits per heavy atom. The fourth-order valence-corrected chi connectivity index (χ4v) is 2.86. The lowest BCUT2D eigenvalue weighted by Gasteiger charge is -1.96. The topological polar surface area (TPSA) is 45.9 Å². The minimum Gasteiger partial charge on any atom is -0.497 e. The van der Waals surface area contributed by atoms with Crippen molar-refractivity contribution in [1.82, 2.24) is 4.98 Å². The zero-order valence-electron chi connectivity index (χ0n) is 11.4. The Balaban J connectivity index is 1.86. The Bertz CT molecular complexity index is 841. The fraction of sp³-hybridized carbons (Fsp3) is 0.0588. The van der Waals surface area contributed by atoms with Crippen molar-refractivity contribution in [2.45, 2.75) is 0 Å². The maximum Gasteiger partial charge on any atom is 0.120 e. The number of fused-ring (bicyclic) bond motifs is 1. The number of methoxy groups -OCH3 is 1. The summed E-state index contributed by atoms with van der Waals surface area (Å²) in [6.07, 6.45) is 3.98. The number of benzene rings is 2. The standard InChI is InChI=1S/C17H12N2OS/c1-20-14-7-8-15-16(10-14)21-17(19-15)9-6-12-2-4-13(11-18)5-3-12/h2-10H,1H3/b9-6+. The van der Waals surface area contributed by atoms with Crippen LogP contribution < -0.4 is 4.74 Å². The van der Waals surface area contributed by atoms with Gasteiger partial charge in [-0.1, -0.05) is 18.2 Å². The predicted molar refractivity (Wildman–Crippen MR) is 86.3 cm³/mol. The van der Waals surface area contributed by atoms with Crippen LogP contribution in [0.1, 0.15) is 16.1 Å². The van der Waals surface area contributed by atoms with Gasteiger partial charge in [-0.3, -0.25) is 0 Å². The number of nitriles is 1. The molecule has 1 aromatic heterocycles. The van der Waals surface area contributed by atoms with Crippen LogP contribution in [-0.4, -0.2) is 12.1 Å². The van der Waals surface area contributed by atoms with Crippen molar-refractivity contribution in [2.75, 3.05) is 7.11 Å². The zero-order valence-corrected chi connectivity index (χ0v) is 12.2. The molecule has 3 aromatic rings. The Morgan fingerprint density at radius 3 is 2.67 bits per heavy atom. The second-order valence-corrected chi connectivity index (χ2v) is 5.52. The van der Waals surface area contributed by atoms with Crippen LogP contribution in [0.4, 0.5) is 0 Å². The molecule has 0 fully saturated rings. The van der Waals surface area contributed by atoms with Crippen molar-refractivity contribution < 1.29 is 4.74 Å². The van der Waals surface area contributed by atoms with Crippen LogP contribution in [0.3, 0.4) is 0 Å². The van der Waals surface area contributed by atoms with Crippen LogP contribution >= 0.6 is 11.3 Å². The molecule has 0 unspecified atom stereocenters. The first-order valence-corrected chi connectivity index (χ1v) is 7.23. The average molecular weight is 292 g/mol. The van der Waals surface area contributed by atoms with Gasteiger partial charge in [0.25, 0.3) is 0 Å². The van der Waals surface area contributed by atoms with Gasteiger partial charge in [0, 0.05) is 0 Å². The normalized spacial score (nSPS) is 10.9. The van der Waals surface area contributed by atoms with Crippen molar-refractivity contribution in [3.05, 3.63) is 58.6 Å². The van der Waals surface area contributed by atoms with Gasteiger partial charge in [0.1, 0.15) is 10.8 Å². The molecule has 0 N–H and O–H groups in total. The molecule has 0 aliphatic heterocycles. The minimum atomic E-state index is 0.666. The molecule has 0 bridgehead atoms. The number of hydrogen-bond acceptors (Lipinski definition) is 4. The van der Waals surface area contributed by atoms with Crippen LogP contribution in [0.15, 0.2) is 42.5 Å². The summed E-state index contributed by atoms with van der Waals surface area (Å²) in [5.41, 5.74) is 2.69. The Morgan fingerprint density at radius 2 is 1.95 bits per heavy atom. The lowest BCUT2D eigenvalue weighted by atomic mass is 10.1. The molecule has 0 atom stereocenters. The highest BCUT2D eigenvalue weighted by molar-refractivity contribution is 7.19. The van der Waals surface area contributed by atoms with E-state index in [1.807, 2.05) is 54.6 Å². The molecule has 0 spiro atoms. The van der Waals surface area contributed by atoms with Crippen LogP contribution in [0.25, 0.3) is 22.4 Å². The molecule has 0 saturated carbocycles. The Labute approximate surface area is 126 Å². The van der Waals surface area contributed by atoms with E-state index in [2.05, 4.69) is 11.1 Å². The molecule has 21 heavy (non-hydrogen) atoms. The van der Waals surface area contributed by atoms with Crippen molar-refractivity contribution in [2.24, 2.45) is 0 Å². The van der Waals surface area contributed by atoms with E-state index in [0.29, 0.717) is 5.56 Å². The smallest absolute Gasteiger partial charge is 0.120 e. The molecule has 102 valence electrons. The lowest BCUT2D eigenvalue weighted by Crippen LogP contribution is -1.80. The highest BCUT2D eigenvalue weighted by Gasteiger charge is 2.02. The van der Waals surface area contributed by atoms with Gasteiger partial charge in [-0.2, -0.15) is 5.26 Å². The van der Waals surface area contributed by atoms with E-state index in [9.17, 15) is 0 Å². The maximum atomic E-state index is 8.77. The number of thiazole rings is 1. The first-order chi connectivity index (χ1) is 10.3. The maximum absolute atomic E-state index is 8.77. The molecule has 4 heteroatoms. The summed E-state index contributed by atoms with van der Waals surface area (Å²) >= 11 is 1.62. The van der Waals surface area contributed by atoms with E-state index in [0.717, 1.165) is 26.5 Å². The third-order valence-electron chi connectivity index (χ3n) is 3.07. The summed E-state index contributed by atoms with van der Waals surface area (Å²) in [6.45, 7) is 0. The van der Waals surface area contributed by atoms with E-state index in [1.54, 1.807) is 18.4 Å². The second kappa shape index (κ2) is 5.78. The van der Waals surface area contributed by atoms with Crippen LogP contribution in [0, 0.1) is 11.3 Å². The Kier molecular flexibility index (Phi) is 3.67. The minimum absolute atomic E-state index is 0.666. The molecule has 0 aliphatic carbocycles. The number of hydrogen-bond donors (Lipinski definition) is 0. The molecular formula is C17H12N2OS. The van der Waals surface area contributed by atoms with Crippen molar-refractivity contribution in [3.8, 4) is 11.8 Å². The third-order valence-corrected chi connectivity index (χ3v) is 4.05. The molecule has 1 heterocycles. The summed E-state index contributed by atoms with van der Waals surface area (Å²) in [6, 6.07) is 15.4. The quantitative estimate of drug-likeness (QED) is 0.721. The summed E-state index contributed by atoms with van der Waals surface area (Å²) in [4.78, 5) is 4.56. The van der Waals surface area contributed by atoms with E-state index in [4.69, 9.17) is 10.00 Å². The number of ether oxygens (including phenoxy) is 1. The first kappa shape index (κ1) is 13.3. The Hall–Kier alpha value is -2.64. The largest absolute Gasteiger partial charge is 0.497 e. The molecule has 0 amide bonds. The molecular weight excluding hydrogens is 280 g/mol. The monoisotopic (exact) mass is 292 g/mol. The molecule has 3 rings (SSSR count). The van der Waals surface area contributed by atoms with Gasteiger partial charge in [-0.05, 0) is 42.0 Å². The molecule has 0 radical (unpaired) electrons. The van der Waals surface area contributed by atoms with Crippen molar-refractivity contribution in [3.63, 3.8) is 0 Å². The molecule has 3 nitrogen and oxygen atoms in total. The van der Waals surface area contributed by atoms with E-state index >= 15 is 0 Å². The van der Waals surface area contributed by atoms with Crippen molar-refractivity contribution in [1.29, 1.82) is 5.26 Å². The number of aromatic nitrogens is 1. The lowest BCUT2D eigenvalue weighted by molar-refractivity contribution is 0.415. The van der Waals surface area contributed by atoms with Crippen LogP contribution in [0.5, 0.6) is 5.75 Å². The molecule has 0 aliphatic rings. The second-order valence-electron chi connectivity index (χ2n) is 4.45. The van der Waals surface area contributed by atoms with Gasteiger partial charge < -0.3 is 4.74 Å². The van der Waals surface area contributed by atoms with Gasteiger partial charge in [0.2, 0.25) is 0 Å². The van der Waals surface area contributed by atoms with E-state index in [-0.39, 0.29) is 0 Å². The summed E-state index contributed by atoms with van der Waals surface area (Å²) in [5, 5.41) is 9.72. The molecule has 2 aromatic carbocycles. The third kappa shape index (κ3) is 2.93. The van der Waals surface area contributed by atoms with Gasteiger partial charge in [-0.15, -0.1) is 11.3 Å². The highest BCUT2D eigenvalue weighted by atomic mass is 32.1. The summed E-state index contributed by atoms with van der Waals surface area (Å²) in [5.74, 6) is 0.841. The zero-order chi connectivity index (χ0) is 14.7. The first-order valence-electron chi connectivity index (χ1n) is 6.41. The predicted octanol–water partition coefficient (Wildman–Crippen LogP) is 4.35. The average Bonchev–Trinajstić information content (AvgIpc) is 2.95. The van der Waals surface area contributed by atoms with Gasteiger partial charge in [0.15, 0.2) is 0 Å². The van der Waals surface area contributed by atoms with E-state index < -0.39 is 0 Å². The summed E-state index contributed by atoms with van der Waals surface area (Å²) in [7, 11) is 1.66. The van der Waals surface area contributed by atoms with Gasteiger partial charge in [-0.25, -0.2) is 4.98 Å². The molecule has 0 saturated heterocycles. The summed E-state index contributed by atoms with van der Waals surface area (Å²) < 4.78 is 6.32. The van der Waals surface area contributed by atoms with Gasteiger partial charge in [0.05, 0.1) is 29.0 Å². The van der Waals surface area contributed by atoms with Crippen molar-refractivity contribution >= 4 is 33.7 Å². The van der Waals surface area contributed by atoms with Crippen LogP contribution in [-0.2, 0) is 0 Å². The number of nitrogens with zero attached hydrogens (tertiary/aromatic N) is 2. The SMILES string of the molecule is COc1ccc2nc(/C=C/c3ccc(C#N)cc3)sc2c1. The number of rotatable bonds is 3. The fourth-order valence-electron chi connectivity index (χ4n) is 1.96. The van der Waals surface area contributed by atoms with Crippen LogP contribution in [0.2, 0.25) is 0 Å². The highest BCUT2D eigenvalue weighted by Crippen LogP contribution is 2.27. The van der Waals surface area contributed by atoms with Gasteiger partial charge >= 0.3 is 0 Å². The van der Waals surface area contributed by atoms with E-state index in [1.165, 1.54) is 0 Å².